The number of Topliss-reactive ketones (excluding diaryl/α,β-unsaturated/α-hetero) is 1. The molecule has 0 heterocycles. The van der Waals surface area contributed by atoms with Gasteiger partial charge in [0.25, 0.3) is 0 Å². The molecular formula is C12H22O3. The van der Waals surface area contributed by atoms with Gasteiger partial charge in [0.15, 0.2) is 0 Å². The minimum Gasteiger partial charge on any atom is -0.460 e. The van der Waals surface area contributed by atoms with Crippen molar-refractivity contribution in [2.75, 3.05) is 0 Å². The lowest BCUT2D eigenvalue weighted by atomic mass is 10.1. The average Bonchev–Trinajstić information content (AvgIpc) is 1.99. The van der Waals surface area contributed by atoms with Crippen molar-refractivity contribution in [2.24, 2.45) is 0 Å². The Kier molecular flexibility index (Phi) is 6.21. The van der Waals surface area contributed by atoms with E-state index in [2.05, 4.69) is 0 Å². The van der Waals surface area contributed by atoms with Crippen molar-refractivity contribution in [2.45, 2.75) is 65.4 Å². The highest BCUT2D eigenvalue weighted by Crippen LogP contribution is 2.11. The first-order valence-electron chi connectivity index (χ1n) is 5.52. The predicted molar refractivity (Wildman–Crippen MR) is 59.6 cm³/mol. The van der Waals surface area contributed by atoms with E-state index in [-0.39, 0.29) is 11.8 Å². The SMILES string of the molecule is CC(=O)CCCCCC(=O)OC(C)(C)C. The molecule has 0 radical (unpaired) electrons. The highest BCUT2D eigenvalue weighted by Gasteiger charge is 2.15. The van der Waals surface area contributed by atoms with E-state index in [1.54, 1.807) is 6.92 Å². The Bertz CT molecular complexity index is 213. The minimum absolute atomic E-state index is 0.148. The summed E-state index contributed by atoms with van der Waals surface area (Å²) in [6.45, 7) is 7.18. The molecule has 0 saturated carbocycles. The van der Waals surface area contributed by atoms with Gasteiger partial charge in [-0.25, -0.2) is 0 Å². The van der Waals surface area contributed by atoms with E-state index in [9.17, 15) is 9.59 Å². The van der Waals surface area contributed by atoms with Crippen molar-refractivity contribution in [3.05, 3.63) is 0 Å². The number of hydrogen-bond donors (Lipinski definition) is 0. The first-order chi connectivity index (χ1) is 6.81. The van der Waals surface area contributed by atoms with Crippen molar-refractivity contribution < 1.29 is 14.3 Å². The Balaban J connectivity index is 3.44. The number of carbonyl (C=O) groups is 2. The number of carbonyl (C=O) groups excluding carboxylic acids is 2. The Hall–Kier alpha value is -0.860. The molecule has 3 heteroatoms. The summed E-state index contributed by atoms with van der Waals surface area (Å²) in [4.78, 5) is 21.9. The molecule has 0 spiro atoms. The number of hydrogen-bond acceptors (Lipinski definition) is 3. The summed E-state index contributed by atoms with van der Waals surface area (Å²) in [7, 11) is 0. The van der Waals surface area contributed by atoms with Gasteiger partial charge in [-0.3, -0.25) is 4.79 Å². The molecule has 88 valence electrons. The van der Waals surface area contributed by atoms with Gasteiger partial charge in [0.2, 0.25) is 0 Å². The van der Waals surface area contributed by atoms with Crippen LogP contribution in [0.2, 0.25) is 0 Å². The van der Waals surface area contributed by atoms with Crippen molar-refractivity contribution in [1.29, 1.82) is 0 Å². The second kappa shape index (κ2) is 6.59. The Morgan fingerprint density at radius 2 is 1.53 bits per heavy atom. The van der Waals surface area contributed by atoms with Crippen LogP contribution in [0.25, 0.3) is 0 Å². The van der Waals surface area contributed by atoms with Crippen LogP contribution in [0.4, 0.5) is 0 Å². The van der Waals surface area contributed by atoms with Crippen molar-refractivity contribution in [3.8, 4) is 0 Å². The normalized spacial score (nSPS) is 11.2. The topological polar surface area (TPSA) is 43.4 Å². The molecular weight excluding hydrogens is 192 g/mol. The summed E-state index contributed by atoms with van der Waals surface area (Å²) in [6, 6.07) is 0. The van der Waals surface area contributed by atoms with Gasteiger partial charge in [-0.2, -0.15) is 0 Å². The van der Waals surface area contributed by atoms with Crippen LogP contribution in [-0.4, -0.2) is 17.4 Å². The fraction of sp³-hybridized carbons (Fsp3) is 0.833. The zero-order valence-electron chi connectivity index (χ0n) is 10.3. The highest BCUT2D eigenvalue weighted by atomic mass is 16.6. The average molecular weight is 214 g/mol. The fourth-order valence-corrected chi connectivity index (χ4v) is 1.21. The van der Waals surface area contributed by atoms with Crippen LogP contribution in [0.3, 0.4) is 0 Å². The Morgan fingerprint density at radius 3 is 2.00 bits per heavy atom. The molecule has 0 rings (SSSR count). The van der Waals surface area contributed by atoms with E-state index < -0.39 is 5.60 Å². The molecule has 0 bridgehead atoms. The van der Waals surface area contributed by atoms with Gasteiger partial charge in [0, 0.05) is 12.8 Å². The lowest BCUT2D eigenvalue weighted by Gasteiger charge is -2.19. The quantitative estimate of drug-likeness (QED) is 0.504. The summed E-state index contributed by atoms with van der Waals surface area (Å²) in [5, 5.41) is 0. The number of unbranched alkanes of at least 4 members (excludes halogenated alkanes) is 2. The molecule has 0 aliphatic rings. The molecule has 0 amide bonds. The second-order valence-electron chi connectivity index (χ2n) is 4.85. The maximum absolute atomic E-state index is 11.3. The van der Waals surface area contributed by atoms with Crippen LogP contribution in [0, 0.1) is 0 Å². The predicted octanol–water partition coefficient (Wildman–Crippen LogP) is 2.87. The molecule has 3 nitrogen and oxygen atoms in total. The maximum Gasteiger partial charge on any atom is 0.306 e. The second-order valence-corrected chi connectivity index (χ2v) is 4.85. The number of ketones is 1. The summed E-state index contributed by atoms with van der Waals surface area (Å²) in [5.74, 6) is 0.0672. The van der Waals surface area contributed by atoms with Crippen LogP contribution in [-0.2, 0) is 14.3 Å². The molecule has 0 aromatic carbocycles. The van der Waals surface area contributed by atoms with Crippen molar-refractivity contribution in [3.63, 3.8) is 0 Å². The zero-order valence-corrected chi connectivity index (χ0v) is 10.3. The van der Waals surface area contributed by atoms with Gasteiger partial charge >= 0.3 is 5.97 Å². The molecule has 0 atom stereocenters. The molecule has 0 aromatic heterocycles. The third-order valence-corrected chi connectivity index (χ3v) is 1.83. The van der Waals surface area contributed by atoms with Crippen LogP contribution in [0.15, 0.2) is 0 Å². The summed E-state index contributed by atoms with van der Waals surface area (Å²) in [6.07, 6.45) is 3.67. The van der Waals surface area contributed by atoms with E-state index in [0.29, 0.717) is 12.8 Å². The van der Waals surface area contributed by atoms with E-state index in [0.717, 1.165) is 19.3 Å². The van der Waals surface area contributed by atoms with Crippen LogP contribution < -0.4 is 0 Å². The molecule has 15 heavy (non-hydrogen) atoms. The van der Waals surface area contributed by atoms with Gasteiger partial charge in [-0.1, -0.05) is 6.42 Å². The van der Waals surface area contributed by atoms with Gasteiger partial charge in [0.1, 0.15) is 11.4 Å². The van der Waals surface area contributed by atoms with Crippen LogP contribution >= 0.6 is 0 Å². The molecule has 0 saturated heterocycles. The largest absolute Gasteiger partial charge is 0.460 e. The van der Waals surface area contributed by atoms with E-state index in [1.807, 2.05) is 20.8 Å². The number of rotatable bonds is 6. The molecule has 0 aliphatic heterocycles. The fourth-order valence-electron chi connectivity index (χ4n) is 1.21. The molecule has 0 unspecified atom stereocenters. The van der Waals surface area contributed by atoms with Crippen molar-refractivity contribution >= 4 is 11.8 Å². The van der Waals surface area contributed by atoms with E-state index in [4.69, 9.17) is 4.74 Å². The smallest absolute Gasteiger partial charge is 0.306 e. The zero-order chi connectivity index (χ0) is 11.9. The third-order valence-electron chi connectivity index (χ3n) is 1.83. The molecule has 0 aromatic rings. The summed E-state index contributed by atoms with van der Waals surface area (Å²) in [5.41, 5.74) is -0.392. The first kappa shape index (κ1) is 14.1. The van der Waals surface area contributed by atoms with E-state index >= 15 is 0 Å². The Morgan fingerprint density at radius 1 is 1.00 bits per heavy atom. The van der Waals surface area contributed by atoms with Crippen LogP contribution in [0.5, 0.6) is 0 Å². The minimum atomic E-state index is -0.392. The number of esters is 1. The van der Waals surface area contributed by atoms with Crippen molar-refractivity contribution in [1.82, 2.24) is 0 Å². The van der Waals surface area contributed by atoms with Gasteiger partial charge in [0.05, 0.1) is 0 Å². The van der Waals surface area contributed by atoms with Gasteiger partial charge in [-0.15, -0.1) is 0 Å². The molecule has 0 N–H and O–H groups in total. The Labute approximate surface area is 92.2 Å². The summed E-state index contributed by atoms with van der Waals surface area (Å²) < 4.78 is 5.16. The van der Waals surface area contributed by atoms with Crippen LogP contribution in [0.1, 0.15) is 59.8 Å². The lowest BCUT2D eigenvalue weighted by Crippen LogP contribution is -2.23. The monoisotopic (exact) mass is 214 g/mol. The van der Waals surface area contributed by atoms with Gasteiger partial charge < -0.3 is 9.53 Å². The highest BCUT2D eigenvalue weighted by molar-refractivity contribution is 5.75. The number of ether oxygens (including phenoxy) is 1. The molecule has 0 aliphatic carbocycles. The third kappa shape index (κ3) is 11.1. The van der Waals surface area contributed by atoms with E-state index in [1.165, 1.54) is 0 Å². The maximum atomic E-state index is 11.3. The van der Waals surface area contributed by atoms with Gasteiger partial charge in [-0.05, 0) is 40.5 Å². The first-order valence-corrected chi connectivity index (χ1v) is 5.52. The lowest BCUT2D eigenvalue weighted by molar-refractivity contribution is -0.154. The summed E-state index contributed by atoms with van der Waals surface area (Å²) >= 11 is 0. The molecule has 0 fully saturated rings. The standard InChI is InChI=1S/C12H22O3/c1-10(13)8-6-5-7-9-11(14)15-12(2,3)4/h5-9H2,1-4H3.